The Labute approximate surface area is 188 Å². The van der Waals surface area contributed by atoms with Crippen LogP contribution in [-0.2, 0) is 17.1 Å². The van der Waals surface area contributed by atoms with Gasteiger partial charge in [0, 0.05) is 44.8 Å². The van der Waals surface area contributed by atoms with Crippen LogP contribution in [0.3, 0.4) is 0 Å². The van der Waals surface area contributed by atoms with Crippen molar-refractivity contribution >= 4 is 11.8 Å². The molecule has 33 heavy (non-hydrogen) atoms. The first kappa shape index (κ1) is 25.3. The summed E-state index contributed by atoms with van der Waals surface area (Å²) >= 11 is 0. The van der Waals surface area contributed by atoms with E-state index in [-0.39, 0.29) is 31.6 Å². The number of hydrogen-bond donors (Lipinski definition) is 0. The Bertz CT molecular complexity index is 836. The molecule has 2 atom stereocenters. The molecule has 2 amide bonds. The summed E-state index contributed by atoms with van der Waals surface area (Å²) in [4.78, 5) is 30.3. The van der Waals surface area contributed by atoms with E-state index in [9.17, 15) is 35.9 Å². The number of carbonyl (C=O) groups is 2. The van der Waals surface area contributed by atoms with Gasteiger partial charge in [0.25, 0.3) is 5.91 Å². The molecule has 0 spiro atoms. The van der Waals surface area contributed by atoms with E-state index in [2.05, 4.69) is 13.8 Å². The average Bonchev–Trinajstić information content (AvgIpc) is 2.71. The summed E-state index contributed by atoms with van der Waals surface area (Å²) in [6.45, 7) is 6.58. The molecular weight excluding hydrogens is 452 g/mol. The smallest absolute Gasteiger partial charge is 0.341 e. The predicted molar refractivity (Wildman–Crippen MR) is 108 cm³/mol. The van der Waals surface area contributed by atoms with Crippen molar-refractivity contribution in [1.82, 2.24) is 14.7 Å². The van der Waals surface area contributed by atoms with Gasteiger partial charge in [-0.1, -0.05) is 13.8 Å². The minimum absolute atomic E-state index is 0.00262. The first-order valence-electron chi connectivity index (χ1n) is 10.8. The lowest BCUT2D eigenvalue weighted by Crippen LogP contribution is -2.53. The van der Waals surface area contributed by atoms with Crippen molar-refractivity contribution in [3.63, 3.8) is 0 Å². The molecule has 0 aromatic heterocycles. The number of carbonyl (C=O) groups excluding carboxylic acids is 2. The molecule has 0 N–H and O–H groups in total. The Morgan fingerprint density at radius 2 is 1.30 bits per heavy atom. The molecule has 2 aliphatic heterocycles. The lowest BCUT2D eigenvalue weighted by molar-refractivity contribution is -0.143. The van der Waals surface area contributed by atoms with Gasteiger partial charge in [0.05, 0.1) is 17.7 Å². The highest BCUT2D eigenvalue weighted by atomic mass is 19.4. The summed E-state index contributed by atoms with van der Waals surface area (Å²) in [6, 6.07) is 0.904. The Morgan fingerprint density at radius 3 is 1.76 bits per heavy atom. The number of benzene rings is 1. The van der Waals surface area contributed by atoms with Crippen molar-refractivity contribution in [3.05, 3.63) is 34.9 Å². The topological polar surface area (TPSA) is 43.9 Å². The SMILES string of the molecule is CC1CC(C)CN(C(=O)CN2CCN(C(=O)c3cc(C(F)(F)F)cc(C(F)(F)F)c3)CC2)C1. The molecule has 2 heterocycles. The van der Waals surface area contributed by atoms with Crippen LogP contribution < -0.4 is 0 Å². The molecule has 11 heteroatoms. The highest BCUT2D eigenvalue weighted by Gasteiger charge is 2.38. The van der Waals surface area contributed by atoms with Crippen LogP contribution in [0, 0.1) is 11.8 Å². The Morgan fingerprint density at radius 1 is 0.818 bits per heavy atom. The van der Waals surface area contributed by atoms with Crippen molar-refractivity contribution in [2.24, 2.45) is 11.8 Å². The van der Waals surface area contributed by atoms with Crippen LogP contribution in [0.1, 0.15) is 41.8 Å². The number of nitrogens with zero attached hydrogens (tertiary/aromatic N) is 3. The van der Waals surface area contributed by atoms with E-state index in [1.54, 1.807) is 0 Å². The van der Waals surface area contributed by atoms with Gasteiger partial charge < -0.3 is 9.80 Å². The lowest BCUT2D eigenvalue weighted by Gasteiger charge is -2.38. The highest BCUT2D eigenvalue weighted by molar-refractivity contribution is 5.94. The van der Waals surface area contributed by atoms with E-state index in [4.69, 9.17) is 0 Å². The zero-order valence-corrected chi connectivity index (χ0v) is 18.5. The van der Waals surface area contributed by atoms with E-state index in [0.29, 0.717) is 50.1 Å². The fourth-order valence-electron chi connectivity index (χ4n) is 4.53. The van der Waals surface area contributed by atoms with E-state index < -0.39 is 35.0 Å². The first-order valence-corrected chi connectivity index (χ1v) is 10.8. The van der Waals surface area contributed by atoms with Gasteiger partial charge in [0.2, 0.25) is 5.91 Å². The number of rotatable bonds is 3. The van der Waals surface area contributed by atoms with E-state index in [0.717, 1.165) is 6.42 Å². The zero-order valence-electron chi connectivity index (χ0n) is 18.5. The summed E-state index contributed by atoms with van der Waals surface area (Å²) in [5, 5.41) is 0. The minimum Gasteiger partial charge on any atom is -0.341 e. The maximum atomic E-state index is 13.1. The van der Waals surface area contributed by atoms with Crippen molar-refractivity contribution < 1.29 is 35.9 Å². The normalized spacial score (nSPS) is 23.0. The highest BCUT2D eigenvalue weighted by Crippen LogP contribution is 2.36. The fraction of sp³-hybridized carbons (Fsp3) is 0.636. The second-order valence-corrected chi connectivity index (χ2v) is 9.11. The average molecular weight is 479 g/mol. The van der Waals surface area contributed by atoms with Crippen LogP contribution in [0.15, 0.2) is 18.2 Å². The number of halogens is 6. The maximum Gasteiger partial charge on any atom is 0.416 e. The van der Waals surface area contributed by atoms with Crippen molar-refractivity contribution in [2.75, 3.05) is 45.8 Å². The van der Waals surface area contributed by atoms with Gasteiger partial charge in [-0.05, 0) is 36.5 Å². The Hall–Kier alpha value is -2.30. The zero-order chi connectivity index (χ0) is 24.6. The van der Waals surface area contributed by atoms with Gasteiger partial charge in [-0.2, -0.15) is 26.3 Å². The molecule has 2 saturated heterocycles. The third-order valence-corrected chi connectivity index (χ3v) is 6.07. The van der Waals surface area contributed by atoms with Gasteiger partial charge in [-0.25, -0.2) is 0 Å². The molecule has 5 nitrogen and oxygen atoms in total. The van der Waals surface area contributed by atoms with Crippen LogP contribution in [0.4, 0.5) is 26.3 Å². The maximum absolute atomic E-state index is 13.1. The predicted octanol–water partition coefficient (Wildman–Crippen LogP) is 3.99. The largest absolute Gasteiger partial charge is 0.416 e. The second-order valence-electron chi connectivity index (χ2n) is 9.11. The van der Waals surface area contributed by atoms with Crippen LogP contribution >= 0.6 is 0 Å². The number of amides is 2. The van der Waals surface area contributed by atoms with Crippen molar-refractivity contribution in [1.29, 1.82) is 0 Å². The van der Waals surface area contributed by atoms with Crippen molar-refractivity contribution in [2.45, 2.75) is 32.6 Å². The third-order valence-electron chi connectivity index (χ3n) is 6.07. The number of piperazine rings is 1. The lowest BCUT2D eigenvalue weighted by atomic mass is 9.92. The third kappa shape index (κ3) is 6.39. The molecule has 0 radical (unpaired) electrons. The van der Waals surface area contributed by atoms with E-state index in [1.807, 2.05) is 9.80 Å². The molecule has 0 bridgehead atoms. The summed E-state index contributed by atoms with van der Waals surface area (Å²) in [5.74, 6) is -0.0698. The van der Waals surface area contributed by atoms with Gasteiger partial charge >= 0.3 is 12.4 Å². The number of alkyl halides is 6. The molecule has 0 aliphatic carbocycles. The second kappa shape index (κ2) is 9.52. The molecule has 184 valence electrons. The van der Waals surface area contributed by atoms with Crippen LogP contribution in [0.5, 0.6) is 0 Å². The van der Waals surface area contributed by atoms with E-state index in [1.165, 1.54) is 4.90 Å². The van der Waals surface area contributed by atoms with Crippen molar-refractivity contribution in [3.8, 4) is 0 Å². The monoisotopic (exact) mass is 479 g/mol. The quantitative estimate of drug-likeness (QED) is 0.616. The summed E-state index contributed by atoms with van der Waals surface area (Å²) < 4.78 is 78.5. The van der Waals surface area contributed by atoms with Gasteiger partial charge in [-0.15, -0.1) is 0 Å². The molecular formula is C22H27F6N3O2. The Balaban J connectivity index is 1.64. The van der Waals surface area contributed by atoms with E-state index >= 15 is 0 Å². The number of likely N-dealkylation sites (tertiary alicyclic amines) is 1. The fourth-order valence-corrected chi connectivity index (χ4v) is 4.53. The molecule has 0 saturated carbocycles. The molecule has 2 fully saturated rings. The molecule has 2 aliphatic rings. The van der Waals surface area contributed by atoms with Crippen LogP contribution in [-0.4, -0.2) is 72.3 Å². The first-order chi connectivity index (χ1) is 15.2. The van der Waals surface area contributed by atoms with Gasteiger partial charge in [-0.3, -0.25) is 14.5 Å². The van der Waals surface area contributed by atoms with Gasteiger partial charge in [0.1, 0.15) is 0 Å². The molecule has 1 aromatic carbocycles. The molecule has 3 rings (SSSR count). The molecule has 1 aromatic rings. The summed E-state index contributed by atoms with van der Waals surface area (Å²) in [5.41, 5.74) is -3.69. The number of hydrogen-bond acceptors (Lipinski definition) is 3. The number of piperidine rings is 1. The summed E-state index contributed by atoms with van der Waals surface area (Å²) in [6.07, 6.45) is -8.96. The van der Waals surface area contributed by atoms with Crippen LogP contribution in [0.25, 0.3) is 0 Å². The standard InChI is InChI=1S/C22H27F6N3O2/c1-14-7-15(2)12-31(11-14)19(32)13-29-3-5-30(6-4-29)20(33)16-8-17(21(23,24)25)10-18(9-16)22(26,27)28/h8-10,14-15H,3-7,11-13H2,1-2H3. The van der Waals surface area contributed by atoms with Crippen LogP contribution in [0.2, 0.25) is 0 Å². The molecule has 2 unspecified atom stereocenters. The Kier molecular flexibility index (Phi) is 7.30. The van der Waals surface area contributed by atoms with Gasteiger partial charge in [0.15, 0.2) is 0 Å². The minimum atomic E-state index is -5.02. The summed E-state index contributed by atoms with van der Waals surface area (Å²) in [7, 11) is 0.